The van der Waals surface area contributed by atoms with Crippen LogP contribution in [-0.2, 0) is 11.3 Å². The van der Waals surface area contributed by atoms with Crippen LogP contribution in [0.3, 0.4) is 0 Å². The maximum absolute atomic E-state index is 12.9. The molecule has 32 heavy (non-hydrogen) atoms. The Kier molecular flexibility index (Phi) is 8.21. The van der Waals surface area contributed by atoms with Crippen molar-refractivity contribution >= 4 is 11.3 Å². The monoisotopic (exact) mass is 463 g/mol. The van der Waals surface area contributed by atoms with Crippen molar-refractivity contribution in [2.45, 2.75) is 46.8 Å². The van der Waals surface area contributed by atoms with Crippen molar-refractivity contribution in [3.63, 3.8) is 0 Å². The highest BCUT2D eigenvalue weighted by atomic mass is 32.1. The Hall–Kier alpha value is -2.08. The van der Waals surface area contributed by atoms with E-state index in [1.54, 1.807) is 19.4 Å². The van der Waals surface area contributed by atoms with E-state index in [1.165, 1.54) is 29.9 Å². The predicted octanol–water partition coefficient (Wildman–Crippen LogP) is 5.80. The Labute approximate surface area is 193 Å². The minimum absolute atomic E-state index is 0.0327. The Morgan fingerprint density at radius 1 is 1.31 bits per heavy atom. The van der Waals surface area contributed by atoms with Crippen molar-refractivity contribution in [2.75, 3.05) is 26.8 Å². The van der Waals surface area contributed by atoms with E-state index in [9.17, 15) is 14.0 Å². The van der Waals surface area contributed by atoms with E-state index in [4.69, 9.17) is 4.74 Å². The van der Waals surface area contributed by atoms with E-state index in [0.29, 0.717) is 28.0 Å². The highest BCUT2D eigenvalue weighted by Gasteiger charge is 2.34. The first-order valence-corrected chi connectivity index (χ1v) is 11.7. The van der Waals surface area contributed by atoms with Crippen LogP contribution >= 0.6 is 11.3 Å². The minimum atomic E-state index is -2.94. The van der Waals surface area contributed by atoms with Crippen LogP contribution in [0.5, 0.6) is 5.75 Å². The van der Waals surface area contributed by atoms with Crippen molar-refractivity contribution in [3.8, 4) is 22.4 Å². The summed E-state index contributed by atoms with van der Waals surface area (Å²) in [6, 6.07) is 6.47. The molecule has 0 aliphatic carbocycles. The summed E-state index contributed by atoms with van der Waals surface area (Å²) in [5, 5.41) is 9.79. The van der Waals surface area contributed by atoms with Gasteiger partial charge >= 0.3 is 6.61 Å². The van der Waals surface area contributed by atoms with Gasteiger partial charge in [-0.1, -0.05) is 20.8 Å². The maximum Gasteiger partial charge on any atom is 0.387 e. The van der Waals surface area contributed by atoms with Gasteiger partial charge in [0.1, 0.15) is 10.8 Å². The van der Waals surface area contributed by atoms with Crippen molar-refractivity contribution in [1.82, 2.24) is 9.88 Å². The molecule has 174 valence electrons. The molecular formula is C24H31F2N3O2S. The van der Waals surface area contributed by atoms with Crippen LogP contribution < -0.4 is 4.74 Å². The van der Waals surface area contributed by atoms with Crippen molar-refractivity contribution < 1.29 is 18.3 Å². The normalized spacial score (nSPS) is 19.8. The average molecular weight is 464 g/mol. The molecule has 0 amide bonds. The lowest BCUT2D eigenvalue weighted by Gasteiger charge is -2.43. The fourth-order valence-electron chi connectivity index (χ4n) is 4.24. The number of halogens is 2. The van der Waals surface area contributed by atoms with Crippen LogP contribution in [0.4, 0.5) is 8.78 Å². The first-order chi connectivity index (χ1) is 15.2. The van der Waals surface area contributed by atoms with Gasteiger partial charge in [-0.25, -0.2) is 4.98 Å². The lowest BCUT2D eigenvalue weighted by atomic mass is 9.73. The number of piperidine rings is 1. The number of alkyl halides is 2. The Bertz CT molecular complexity index is 936. The molecule has 8 heteroatoms. The molecule has 0 radical (unpaired) electrons. The molecule has 1 aromatic carbocycles. The summed E-state index contributed by atoms with van der Waals surface area (Å²) in [6.07, 6.45) is 4.05. The molecule has 1 fully saturated rings. The lowest BCUT2D eigenvalue weighted by Crippen LogP contribution is -2.44. The number of benzene rings is 1. The number of rotatable bonds is 8. The van der Waals surface area contributed by atoms with Gasteiger partial charge in [-0.05, 0) is 48.3 Å². The summed E-state index contributed by atoms with van der Waals surface area (Å²) in [5.41, 5.74) is 1.02. The summed E-state index contributed by atoms with van der Waals surface area (Å²) in [5.74, 6) is 1.20. The smallest absolute Gasteiger partial charge is 0.387 e. The SMILES string of the molecule is COCCC1CC(C(C)(C)C)CN(Cc2cnc(-c3cc(C#N)ccc3OC(F)F)s2)C1. The van der Waals surface area contributed by atoms with Crippen molar-refractivity contribution in [3.05, 3.63) is 34.8 Å². The molecule has 3 rings (SSSR count). The number of ether oxygens (including phenoxy) is 2. The third-order valence-corrected chi connectivity index (χ3v) is 7.07. The molecule has 0 bridgehead atoms. The first-order valence-electron chi connectivity index (χ1n) is 10.8. The topological polar surface area (TPSA) is 58.4 Å². The molecular weight excluding hydrogens is 432 g/mol. The molecule has 2 heterocycles. The summed E-state index contributed by atoms with van der Waals surface area (Å²) in [7, 11) is 1.74. The predicted molar refractivity (Wildman–Crippen MR) is 122 cm³/mol. The van der Waals surface area contributed by atoms with Gasteiger partial charge in [-0.15, -0.1) is 11.3 Å². The van der Waals surface area contributed by atoms with Gasteiger partial charge in [0.15, 0.2) is 0 Å². The second kappa shape index (κ2) is 10.7. The number of hydrogen-bond acceptors (Lipinski definition) is 6. The number of aromatic nitrogens is 1. The molecule has 1 saturated heterocycles. The number of nitrogens with zero attached hydrogens (tertiary/aromatic N) is 3. The van der Waals surface area contributed by atoms with E-state index in [0.717, 1.165) is 37.5 Å². The fraction of sp³-hybridized carbons (Fsp3) is 0.583. The standard InChI is InChI=1S/C24H31F2N3O2S/c1-24(2,3)18-9-17(7-8-30-4)13-29(14-18)15-19-12-28-22(32-19)20-10-16(11-27)5-6-21(20)31-23(25)26/h5-6,10,12,17-18,23H,7-9,13-15H2,1-4H3. The second-order valence-electron chi connectivity index (χ2n) is 9.47. The molecule has 2 atom stereocenters. The third-order valence-electron chi connectivity index (χ3n) is 6.06. The Balaban J connectivity index is 1.79. The Morgan fingerprint density at radius 3 is 2.75 bits per heavy atom. The van der Waals surface area contributed by atoms with Crippen LogP contribution in [-0.4, -0.2) is 43.3 Å². The molecule has 1 aromatic heterocycles. The molecule has 1 aliphatic rings. The van der Waals surface area contributed by atoms with E-state index in [-0.39, 0.29) is 11.2 Å². The van der Waals surface area contributed by atoms with Crippen molar-refractivity contribution in [1.29, 1.82) is 5.26 Å². The number of methoxy groups -OCH3 is 1. The highest BCUT2D eigenvalue weighted by molar-refractivity contribution is 7.15. The fourth-order valence-corrected chi connectivity index (χ4v) is 5.22. The molecule has 0 spiro atoms. The zero-order chi connectivity index (χ0) is 23.3. The zero-order valence-corrected chi connectivity index (χ0v) is 19.9. The maximum atomic E-state index is 12.9. The third kappa shape index (κ3) is 6.47. The molecule has 5 nitrogen and oxygen atoms in total. The van der Waals surface area contributed by atoms with Gasteiger partial charge in [-0.2, -0.15) is 14.0 Å². The minimum Gasteiger partial charge on any atom is -0.434 e. The van der Waals surface area contributed by atoms with Gasteiger partial charge in [-0.3, -0.25) is 4.90 Å². The van der Waals surface area contributed by atoms with Crippen LogP contribution in [0, 0.1) is 28.6 Å². The summed E-state index contributed by atoms with van der Waals surface area (Å²) in [4.78, 5) is 8.00. The van der Waals surface area contributed by atoms with E-state index >= 15 is 0 Å². The average Bonchev–Trinajstić information content (AvgIpc) is 3.19. The van der Waals surface area contributed by atoms with Gasteiger partial charge < -0.3 is 9.47 Å². The molecule has 0 N–H and O–H groups in total. The van der Waals surface area contributed by atoms with Gasteiger partial charge in [0, 0.05) is 44.4 Å². The van der Waals surface area contributed by atoms with Crippen molar-refractivity contribution in [2.24, 2.45) is 17.3 Å². The number of likely N-dealkylation sites (tertiary alicyclic amines) is 1. The van der Waals surface area contributed by atoms with E-state index < -0.39 is 6.61 Å². The summed E-state index contributed by atoms with van der Waals surface area (Å²) >= 11 is 1.46. The number of thiazole rings is 1. The van der Waals surface area contributed by atoms with Crippen LogP contribution in [0.2, 0.25) is 0 Å². The van der Waals surface area contributed by atoms with Gasteiger partial charge in [0.25, 0.3) is 0 Å². The molecule has 0 saturated carbocycles. The molecule has 1 aliphatic heterocycles. The van der Waals surface area contributed by atoms with E-state index in [1.807, 2.05) is 6.07 Å². The summed E-state index contributed by atoms with van der Waals surface area (Å²) in [6.45, 7) is 7.51. The number of hydrogen-bond donors (Lipinski definition) is 0. The van der Waals surface area contributed by atoms with E-state index in [2.05, 4.69) is 35.4 Å². The van der Waals surface area contributed by atoms with Crippen LogP contribution in [0.1, 0.15) is 44.1 Å². The van der Waals surface area contributed by atoms with Crippen LogP contribution in [0.25, 0.3) is 10.6 Å². The summed E-state index contributed by atoms with van der Waals surface area (Å²) < 4.78 is 35.7. The quantitative estimate of drug-likeness (QED) is 0.495. The van der Waals surface area contributed by atoms with Gasteiger partial charge in [0.2, 0.25) is 0 Å². The Morgan fingerprint density at radius 2 is 2.09 bits per heavy atom. The highest BCUT2D eigenvalue weighted by Crippen LogP contribution is 2.39. The molecule has 2 unspecified atom stereocenters. The van der Waals surface area contributed by atoms with Gasteiger partial charge in [0.05, 0.1) is 17.2 Å². The zero-order valence-electron chi connectivity index (χ0n) is 19.1. The lowest BCUT2D eigenvalue weighted by molar-refractivity contribution is -0.0494. The second-order valence-corrected chi connectivity index (χ2v) is 10.6. The number of nitriles is 1. The largest absolute Gasteiger partial charge is 0.434 e. The van der Waals surface area contributed by atoms with Crippen LogP contribution in [0.15, 0.2) is 24.4 Å². The first kappa shape index (κ1) is 24.6. The molecule has 2 aromatic rings.